The Morgan fingerprint density at radius 1 is 1.48 bits per heavy atom. The molecule has 21 heavy (non-hydrogen) atoms. The number of likely N-dealkylation sites (N-methyl/N-ethyl adjacent to an activating group) is 1. The number of methoxy groups -OCH3 is 1. The highest BCUT2D eigenvalue weighted by molar-refractivity contribution is 9.10. The van der Waals surface area contributed by atoms with E-state index in [0.717, 1.165) is 33.0 Å². The lowest BCUT2D eigenvalue weighted by Crippen LogP contribution is -2.30. The third-order valence-electron chi connectivity index (χ3n) is 3.38. The normalized spacial score (nSPS) is 12.7. The van der Waals surface area contributed by atoms with Crippen LogP contribution in [0.5, 0.6) is 5.75 Å². The molecule has 2 rings (SSSR count). The molecule has 0 saturated carbocycles. The Labute approximate surface area is 138 Å². The molecule has 0 fully saturated rings. The summed E-state index contributed by atoms with van der Waals surface area (Å²) in [7, 11) is 3.75. The minimum atomic E-state index is 0.0828. The fraction of sp³-hybridized carbons (Fsp3) is 0.400. The lowest BCUT2D eigenvalue weighted by molar-refractivity contribution is 0.234. The van der Waals surface area contributed by atoms with Crippen molar-refractivity contribution >= 4 is 27.3 Å². The third-order valence-corrected chi connectivity index (χ3v) is 4.70. The van der Waals surface area contributed by atoms with Crippen LogP contribution in [0, 0.1) is 6.92 Å². The number of ether oxygens (including phenoxy) is 1. The van der Waals surface area contributed by atoms with Gasteiger partial charge >= 0.3 is 0 Å². The largest absolute Gasteiger partial charge is 0.496 e. The summed E-state index contributed by atoms with van der Waals surface area (Å²) in [6, 6.07) is 6.08. The first kappa shape index (κ1) is 16.4. The van der Waals surface area contributed by atoms with Crippen molar-refractivity contribution in [1.82, 2.24) is 9.88 Å². The molecular formula is C15H20BrN3OS. The number of hydrogen-bond acceptors (Lipinski definition) is 5. The molecule has 4 nitrogen and oxygen atoms in total. The molecule has 114 valence electrons. The second-order valence-corrected chi connectivity index (χ2v) is 6.89. The van der Waals surface area contributed by atoms with Gasteiger partial charge in [0.05, 0.1) is 23.9 Å². The summed E-state index contributed by atoms with van der Waals surface area (Å²) in [5.74, 6) is 0.856. The van der Waals surface area contributed by atoms with Crippen molar-refractivity contribution in [2.24, 2.45) is 5.73 Å². The fourth-order valence-electron chi connectivity index (χ4n) is 2.36. The summed E-state index contributed by atoms with van der Waals surface area (Å²) < 4.78 is 6.49. The number of hydrogen-bond donors (Lipinski definition) is 1. The summed E-state index contributed by atoms with van der Waals surface area (Å²) >= 11 is 5.19. The lowest BCUT2D eigenvalue weighted by Gasteiger charge is -2.28. The van der Waals surface area contributed by atoms with Crippen molar-refractivity contribution in [2.75, 3.05) is 20.7 Å². The Morgan fingerprint density at radius 3 is 2.81 bits per heavy atom. The van der Waals surface area contributed by atoms with E-state index in [-0.39, 0.29) is 6.04 Å². The highest BCUT2D eigenvalue weighted by Gasteiger charge is 2.20. The highest BCUT2D eigenvalue weighted by atomic mass is 79.9. The molecule has 0 aliphatic carbocycles. The molecule has 1 aromatic heterocycles. The number of rotatable bonds is 6. The zero-order chi connectivity index (χ0) is 15.4. The molecule has 0 radical (unpaired) electrons. The molecule has 2 N–H and O–H groups in total. The second-order valence-electron chi connectivity index (χ2n) is 4.91. The number of aromatic nitrogens is 1. The maximum atomic E-state index is 6.01. The van der Waals surface area contributed by atoms with Crippen molar-refractivity contribution < 1.29 is 4.74 Å². The van der Waals surface area contributed by atoms with Crippen LogP contribution >= 0.6 is 27.3 Å². The molecule has 1 atom stereocenters. The average molecular weight is 370 g/mol. The van der Waals surface area contributed by atoms with Gasteiger partial charge in [-0.3, -0.25) is 4.90 Å². The first-order valence-corrected chi connectivity index (χ1v) is 8.37. The number of thiazole rings is 1. The van der Waals surface area contributed by atoms with E-state index in [4.69, 9.17) is 10.5 Å². The second kappa shape index (κ2) is 7.35. The van der Waals surface area contributed by atoms with Crippen LogP contribution in [-0.2, 0) is 6.54 Å². The summed E-state index contributed by atoms with van der Waals surface area (Å²) in [6.07, 6.45) is 0. The molecule has 0 amide bonds. The number of nitrogens with two attached hydrogens (primary N) is 1. The van der Waals surface area contributed by atoms with E-state index in [1.54, 1.807) is 18.4 Å². The minimum Gasteiger partial charge on any atom is -0.496 e. The van der Waals surface area contributed by atoms with Crippen LogP contribution in [0.2, 0.25) is 0 Å². The Morgan fingerprint density at radius 2 is 2.24 bits per heavy atom. The van der Waals surface area contributed by atoms with Crippen LogP contribution in [0.4, 0.5) is 0 Å². The molecule has 0 aliphatic rings. The van der Waals surface area contributed by atoms with E-state index in [1.165, 1.54) is 0 Å². The molecule has 1 unspecified atom stereocenters. The predicted molar refractivity (Wildman–Crippen MR) is 90.8 cm³/mol. The maximum Gasteiger partial charge on any atom is 0.123 e. The van der Waals surface area contributed by atoms with E-state index in [9.17, 15) is 0 Å². The smallest absolute Gasteiger partial charge is 0.123 e. The van der Waals surface area contributed by atoms with Crippen molar-refractivity contribution in [1.29, 1.82) is 0 Å². The van der Waals surface area contributed by atoms with E-state index in [1.807, 2.05) is 19.1 Å². The maximum absolute atomic E-state index is 6.01. The van der Waals surface area contributed by atoms with Gasteiger partial charge in [0.1, 0.15) is 5.75 Å². The summed E-state index contributed by atoms with van der Waals surface area (Å²) in [6.45, 7) is 3.31. The van der Waals surface area contributed by atoms with Crippen LogP contribution in [0.15, 0.2) is 28.1 Å². The van der Waals surface area contributed by atoms with Gasteiger partial charge in [0.15, 0.2) is 0 Å². The van der Waals surface area contributed by atoms with Gasteiger partial charge in [0.2, 0.25) is 0 Å². The third kappa shape index (κ3) is 4.03. The summed E-state index contributed by atoms with van der Waals surface area (Å²) in [4.78, 5) is 6.72. The zero-order valence-electron chi connectivity index (χ0n) is 12.5. The molecule has 0 spiro atoms. The summed E-state index contributed by atoms with van der Waals surface area (Å²) in [5.41, 5.74) is 8.17. The molecule has 2 aromatic rings. The first-order valence-electron chi connectivity index (χ1n) is 6.70. The van der Waals surface area contributed by atoms with Gasteiger partial charge in [-0.25, -0.2) is 4.98 Å². The van der Waals surface area contributed by atoms with E-state index in [0.29, 0.717) is 6.54 Å². The Bertz CT molecular complexity index is 602. The van der Waals surface area contributed by atoms with Crippen LogP contribution in [0.1, 0.15) is 22.3 Å². The molecule has 1 heterocycles. The van der Waals surface area contributed by atoms with Crippen LogP contribution < -0.4 is 10.5 Å². The highest BCUT2D eigenvalue weighted by Crippen LogP contribution is 2.31. The standard InChI is InChI=1S/C15H20BrN3OS/c1-10-18-12(9-21-10)8-19(2)14(7-17)13-6-11(16)4-5-15(13)20-3/h4-6,9,14H,7-8,17H2,1-3H3. The van der Waals surface area contributed by atoms with Gasteiger partial charge in [0.25, 0.3) is 0 Å². The van der Waals surface area contributed by atoms with Gasteiger partial charge in [-0.1, -0.05) is 15.9 Å². The molecule has 0 saturated heterocycles. The number of halogens is 1. The van der Waals surface area contributed by atoms with E-state index in [2.05, 4.69) is 44.3 Å². The molecule has 0 bridgehead atoms. The molecule has 6 heteroatoms. The van der Waals surface area contributed by atoms with Gasteiger partial charge in [0, 0.05) is 28.5 Å². The van der Waals surface area contributed by atoms with Gasteiger partial charge < -0.3 is 10.5 Å². The van der Waals surface area contributed by atoms with Crippen molar-refractivity contribution in [3.63, 3.8) is 0 Å². The quantitative estimate of drug-likeness (QED) is 0.847. The SMILES string of the molecule is COc1ccc(Br)cc1C(CN)N(C)Cc1csc(C)n1. The number of benzene rings is 1. The predicted octanol–water partition coefficient (Wildman–Crippen LogP) is 3.35. The van der Waals surface area contributed by atoms with Gasteiger partial charge in [-0.05, 0) is 32.2 Å². The van der Waals surface area contributed by atoms with Crippen molar-refractivity contribution in [3.05, 3.63) is 44.3 Å². The molecule has 1 aromatic carbocycles. The van der Waals surface area contributed by atoms with E-state index < -0.39 is 0 Å². The Kier molecular flexibility index (Phi) is 5.75. The molecular weight excluding hydrogens is 350 g/mol. The first-order chi connectivity index (χ1) is 10.0. The average Bonchev–Trinajstić information content (AvgIpc) is 2.85. The van der Waals surface area contributed by atoms with Crippen LogP contribution in [-0.4, -0.2) is 30.6 Å². The van der Waals surface area contributed by atoms with Crippen LogP contribution in [0.25, 0.3) is 0 Å². The Balaban J connectivity index is 2.24. The van der Waals surface area contributed by atoms with Crippen molar-refractivity contribution in [3.8, 4) is 5.75 Å². The molecule has 0 aliphatic heterocycles. The monoisotopic (exact) mass is 369 g/mol. The minimum absolute atomic E-state index is 0.0828. The lowest BCUT2D eigenvalue weighted by atomic mass is 10.0. The van der Waals surface area contributed by atoms with Crippen molar-refractivity contribution in [2.45, 2.75) is 19.5 Å². The number of nitrogens with zero attached hydrogens (tertiary/aromatic N) is 2. The Hall–Kier alpha value is -0.950. The topological polar surface area (TPSA) is 51.4 Å². The van der Waals surface area contributed by atoms with E-state index >= 15 is 0 Å². The summed E-state index contributed by atoms with van der Waals surface area (Å²) in [5, 5.41) is 3.18. The fourth-order valence-corrected chi connectivity index (χ4v) is 3.34. The van der Waals surface area contributed by atoms with Gasteiger partial charge in [-0.15, -0.1) is 11.3 Å². The van der Waals surface area contributed by atoms with Gasteiger partial charge in [-0.2, -0.15) is 0 Å². The number of aryl methyl sites for hydroxylation is 1. The van der Waals surface area contributed by atoms with Crippen LogP contribution in [0.3, 0.4) is 0 Å². The zero-order valence-corrected chi connectivity index (χ0v) is 14.9.